The zero-order chi connectivity index (χ0) is 34.1. The van der Waals surface area contributed by atoms with Crippen LogP contribution in [0.1, 0.15) is 83.1 Å². The van der Waals surface area contributed by atoms with Gasteiger partial charge in [-0.1, -0.05) is 59.7 Å². The normalized spacial score (nSPS) is 17.5. The van der Waals surface area contributed by atoms with Gasteiger partial charge in [0, 0.05) is 49.8 Å². The summed E-state index contributed by atoms with van der Waals surface area (Å²) in [5, 5.41) is 0. The summed E-state index contributed by atoms with van der Waals surface area (Å²) < 4.78 is 80.4. The summed E-state index contributed by atoms with van der Waals surface area (Å²) in [4.78, 5) is 17.7. The number of carbonyl (C=O) groups excluding carboxylic acids is 1. The molecule has 2 aliphatic rings. The molecule has 5 nitrogen and oxygen atoms in total. The Morgan fingerprint density at radius 3 is 1.58 bits per heavy atom. The van der Waals surface area contributed by atoms with E-state index in [1.54, 1.807) is 18.3 Å². The van der Waals surface area contributed by atoms with Crippen LogP contribution in [0, 0.1) is 22.5 Å². The molecule has 0 aromatic heterocycles. The second-order valence-electron chi connectivity index (χ2n) is 14.0. The van der Waals surface area contributed by atoms with Crippen molar-refractivity contribution in [1.82, 2.24) is 0 Å². The number of anilines is 2. The van der Waals surface area contributed by atoms with Crippen LogP contribution in [0.4, 0.5) is 37.7 Å². The molecular formula is C34H48F6N4O. The number of rotatable bonds is 7. The number of carbonyl (C=O) groups is 1. The number of halogens is 6. The third-order valence-corrected chi connectivity index (χ3v) is 7.25. The van der Waals surface area contributed by atoms with Gasteiger partial charge in [-0.2, -0.15) is 0 Å². The third kappa shape index (κ3) is 13.0. The van der Waals surface area contributed by atoms with Gasteiger partial charge in [0.1, 0.15) is 11.6 Å². The van der Waals surface area contributed by atoms with E-state index in [2.05, 4.69) is 46.5 Å². The Hall–Kier alpha value is -3.08. The predicted octanol–water partition coefficient (Wildman–Crippen LogP) is 8.39. The molecule has 2 aromatic rings. The molecule has 0 aliphatic carbocycles. The van der Waals surface area contributed by atoms with Gasteiger partial charge in [-0.15, -0.1) is 0 Å². The fourth-order valence-corrected chi connectivity index (χ4v) is 4.78. The van der Waals surface area contributed by atoms with Gasteiger partial charge in [0.05, 0.1) is 24.5 Å². The van der Waals surface area contributed by atoms with E-state index < -0.39 is 36.6 Å². The highest BCUT2D eigenvalue weighted by Crippen LogP contribution is 2.35. The van der Waals surface area contributed by atoms with Crippen LogP contribution in [0.5, 0.6) is 0 Å². The number of nitrogens with two attached hydrogens (primary N) is 1. The summed E-state index contributed by atoms with van der Waals surface area (Å²) in [5.74, 6) is -6.66. The van der Waals surface area contributed by atoms with Crippen LogP contribution in [-0.2, 0) is 0 Å². The highest BCUT2D eigenvalue weighted by molar-refractivity contribution is 5.88. The molecule has 2 fully saturated rings. The minimum atomic E-state index is -2.80. The Morgan fingerprint density at radius 2 is 1.22 bits per heavy atom. The van der Waals surface area contributed by atoms with E-state index in [0.717, 1.165) is 19.4 Å². The number of hydrogen-bond donors (Lipinski definition) is 1. The van der Waals surface area contributed by atoms with Gasteiger partial charge < -0.3 is 15.5 Å². The minimum Gasteiger partial charge on any atom is -0.362 e. The first-order valence-corrected chi connectivity index (χ1v) is 15.3. The molecule has 0 amide bonds. The summed E-state index contributed by atoms with van der Waals surface area (Å²) in [5.41, 5.74) is 6.81. The summed E-state index contributed by atoms with van der Waals surface area (Å²) in [6, 6.07) is 8.57. The van der Waals surface area contributed by atoms with E-state index in [1.165, 1.54) is 34.1 Å². The molecule has 0 bridgehead atoms. The van der Waals surface area contributed by atoms with Crippen molar-refractivity contribution < 1.29 is 31.1 Å². The largest absolute Gasteiger partial charge is 0.362 e. The Labute approximate surface area is 263 Å². The minimum absolute atomic E-state index is 0.0188. The molecule has 4 rings (SSSR count). The van der Waals surface area contributed by atoms with Crippen LogP contribution in [-0.4, -0.2) is 63.6 Å². The topological polar surface area (TPSA) is 61.9 Å². The molecule has 0 spiro atoms. The van der Waals surface area contributed by atoms with Gasteiger partial charge in [0.25, 0.3) is 11.8 Å². The van der Waals surface area contributed by atoms with Crippen LogP contribution in [0.25, 0.3) is 0 Å². The molecule has 0 atom stereocenters. The van der Waals surface area contributed by atoms with E-state index in [0.29, 0.717) is 23.8 Å². The van der Waals surface area contributed by atoms with Crippen molar-refractivity contribution in [2.45, 2.75) is 79.1 Å². The number of aldehydes is 1. The first-order valence-electron chi connectivity index (χ1n) is 15.3. The van der Waals surface area contributed by atoms with Gasteiger partial charge in [-0.05, 0) is 48.4 Å². The number of alkyl halides is 4. The maximum absolute atomic E-state index is 14.1. The van der Waals surface area contributed by atoms with Crippen LogP contribution in [0.3, 0.4) is 0 Å². The highest BCUT2D eigenvalue weighted by Gasteiger charge is 2.40. The summed E-state index contributed by atoms with van der Waals surface area (Å²) in [6.45, 7) is 13.7. The average molecular weight is 643 g/mol. The van der Waals surface area contributed by atoms with Crippen molar-refractivity contribution in [2.24, 2.45) is 21.6 Å². The lowest BCUT2D eigenvalue weighted by atomic mass is 9.92. The highest BCUT2D eigenvalue weighted by atomic mass is 19.3. The first-order chi connectivity index (χ1) is 20.8. The van der Waals surface area contributed by atoms with E-state index in [9.17, 15) is 31.1 Å². The SMILES string of the molecule is CC(C)(C)CCN.CC(C)(C)CCN=Cc1cccc(F)c1N1CCC(F)(F)C1.O=Cc1cccc(F)c1N1CCC(F)(F)C1. The van der Waals surface area contributed by atoms with E-state index in [1.807, 2.05) is 0 Å². The molecule has 0 saturated carbocycles. The molecule has 252 valence electrons. The Morgan fingerprint density at radius 1 is 0.778 bits per heavy atom. The van der Waals surface area contributed by atoms with Crippen molar-refractivity contribution >= 4 is 23.9 Å². The smallest absolute Gasteiger partial charge is 0.266 e. The molecule has 2 aromatic carbocycles. The van der Waals surface area contributed by atoms with E-state index in [-0.39, 0.29) is 48.3 Å². The number of hydrogen-bond acceptors (Lipinski definition) is 5. The molecule has 2 saturated heterocycles. The molecule has 2 aliphatic heterocycles. The van der Waals surface area contributed by atoms with Crippen molar-refractivity contribution in [3.05, 3.63) is 59.2 Å². The summed E-state index contributed by atoms with van der Waals surface area (Å²) >= 11 is 0. The van der Waals surface area contributed by atoms with Gasteiger partial charge >= 0.3 is 0 Å². The van der Waals surface area contributed by atoms with Gasteiger partial charge in [-0.25, -0.2) is 26.3 Å². The molecule has 0 radical (unpaired) electrons. The van der Waals surface area contributed by atoms with Crippen molar-refractivity contribution in [3.63, 3.8) is 0 Å². The second kappa shape index (κ2) is 16.0. The molecule has 2 N–H and O–H groups in total. The van der Waals surface area contributed by atoms with E-state index >= 15 is 0 Å². The number of nitrogens with zero attached hydrogens (tertiary/aromatic N) is 3. The van der Waals surface area contributed by atoms with Gasteiger partial charge in [0.2, 0.25) is 0 Å². The van der Waals surface area contributed by atoms with Crippen LogP contribution in [0.15, 0.2) is 41.4 Å². The lowest BCUT2D eigenvalue weighted by molar-refractivity contribution is 0.0249. The standard InChI is InChI=1S/C17H23F3N2.C11H10F3NO.C6H15N/c1-16(2,3)7-9-21-11-13-5-4-6-14(18)15(13)22-10-8-17(19,20)12-22;12-9-3-1-2-8(6-16)10(9)15-5-4-11(13,14)7-15;1-6(2,3)4-5-7/h4-6,11H,7-10,12H2,1-3H3;1-3,6H,4-5,7H2;4-5,7H2,1-3H3. The predicted molar refractivity (Wildman–Crippen MR) is 171 cm³/mol. The number of aliphatic imine (C=N–C) groups is 1. The molecule has 2 heterocycles. The van der Waals surface area contributed by atoms with E-state index in [4.69, 9.17) is 5.73 Å². The number of para-hydroxylation sites is 2. The first kappa shape index (κ1) is 38.1. The monoisotopic (exact) mass is 642 g/mol. The van der Waals surface area contributed by atoms with Crippen LogP contribution in [0.2, 0.25) is 0 Å². The van der Waals surface area contributed by atoms with Crippen molar-refractivity contribution in [3.8, 4) is 0 Å². The number of benzene rings is 2. The molecule has 45 heavy (non-hydrogen) atoms. The Bertz CT molecular complexity index is 1270. The fraction of sp³-hybridized carbons (Fsp3) is 0.588. The molecule has 11 heteroatoms. The van der Waals surface area contributed by atoms with Gasteiger partial charge in [0.15, 0.2) is 6.29 Å². The fourth-order valence-electron chi connectivity index (χ4n) is 4.78. The van der Waals surface area contributed by atoms with Crippen LogP contribution < -0.4 is 15.5 Å². The van der Waals surface area contributed by atoms with Crippen LogP contribution >= 0.6 is 0 Å². The van der Waals surface area contributed by atoms with Crippen molar-refractivity contribution in [2.75, 3.05) is 49.1 Å². The molecular weight excluding hydrogens is 594 g/mol. The van der Waals surface area contributed by atoms with Gasteiger partial charge in [-0.3, -0.25) is 9.79 Å². The Kier molecular flexibility index (Phi) is 13.5. The second-order valence-corrected chi connectivity index (χ2v) is 14.0. The third-order valence-electron chi connectivity index (χ3n) is 7.25. The maximum Gasteiger partial charge on any atom is 0.266 e. The lowest BCUT2D eigenvalue weighted by Crippen LogP contribution is -2.26. The Balaban J connectivity index is 0.000000267. The summed E-state index contributed by atoms with van der Waals surface area (Å²) in [6.07, 6.45) is 3.57. The quantitative estimate of drug-likeness (QED) is 0.187. The lowest BCUT2D eigenvalue weighted by Gasteiger charge is -2.21. The molecule has 0 unspecified atom stereocenters. The zero-order valence-corrected chi connectivity index (χ0v) is 27.3. The summed E-state index contributed by atoms with van der Waals surface area (Å²) in [7, 11) is 0. The maximum atomic E-state index is 14.1. The van der Waals surface area contributed by atoms with Crippen molar-refractivity contribution in [1.29, 1.82) is 0 Å². The average Bonchev–Trinajstić information content (AvgIpc) is 3.46. The zero-order valence-electron chi connectivity index (χ0n) is 27.3.